The number of rotatable bonds is 12. The summed E-state index contributed by atoms with van der Waals surface area (Å²) in [6, 6.07) is 6.38. The van der Waals surface area contributed by atoms with E-state index in [1.165, 1.54) is 38.7 Å². The summed E-state index contributed by atoms with van der Waals surface area (Å²) in [6.45, 7) is 6.15. The van der Waals surface area contributed by atoms with Crippen LogP contribution in [-0.2, 0) is 19.1 Å². The van der Waals surface area contributed by atoms with E-state index >= 15 is 8.78 Å². The van der Waals surface area contributed by atoms with E-state index in [2.05, 4.69) is 30.6 Å². The predicted octanol–water partition coefficient (Wildman–Crippen LogP) is 5.79. The molecule has 4 amide bonds. The van der Waals surface area contributed by atoms with Crippen LogP contribution in [-0.4, -0.2) is 104 Å². The fourth-order valence-electron chi connectivity index (χ4n) is 7.45. The molecule has 0 aliphatic carbocycles. The monoisotopic (exact) mass is 776 g/mol. The number of carbonyl (C=O) groups is 4. The number of benzene rings is 2. The van der Waals surface area contributed by atoms with Crippen LogP contribution in [0.5, 0.6) is 0 Å². The zero-order chi connectivity index (χ0) is 40.3. The van der Waals surface area contributed by atoms with E-state index in [-0.39, 0.29) is 29.0 Å². The molecule has 0 radical (unpaired) electrons. The highest BCUT2D eigenvalue weighted by atomic mass is 19.1. The van der Waals surface area contributed by atoms with Gasteiger partial charge in [-0.25, -0.2) is 28.3 Å². The van der Waals surface area contributed by atoms with Crippen LogP contribution in [0.1, 0.15) is 70.2 Å². The summed E-state index contributed by atoms with van der Waals surface area (Å²) in [5, 5.41) is 14.2. The van der Waals surface area contributed by atoms with E-state index in [4.69, 9.17) is 9.47 Å². The average Bonchev–Trinajstić information content (AvgIpc) is 4.01. The third-order valence-electron chi connectivity index (χ3n) is 10.5. The molecule has 56 heavy (non-hydrogen) atoms. The van der Waals surface area contributed by atoms with Gasteiger partial charge in [0, 0.05) is 31.3 Å². The van der Waals surface area contributed by atoms with Gasteiger partial charge in [0.15, 0.2) is 0 Å². The number of amides is 4. The molecule has 15 nitrogen and oxygen atoms in total. The number of likely N-dealkylation sites (tertiary alicyclic amines) is 2. The van der Waals surface area contributed by atoms with Crippen molar-refractivity contribution in [1.29, 1.82) is 0 Å². The highest BCUT2D eigenvalue weighted by Gasteiger charge is 2.39. The lowest BCUT2D eigenvalue weighted by molar-refractivity contribution is -0.137. The highest BCUT2D eigenvalue weighted by Crippen LogP contribution is 2.36. The minimum absolute atomic E-state index is 0.187. The molecular weight excluding hydrogens is 730 g/mol. The number of carboxylic acid groups (broad SMARTS) is 1. The molecule has 0 spiro atoms. The molecule has 5 atom stereocenters. The number of hydrogen-bond acceptors (Lipinski definition) is 8. The normalized spacial score (nSPS) is 18.5. The van der Waals surface area contributed by atoms with Crippen LogP contribution in [0.15, 0.2) is 48.8 Å². The lowest BCUT2D eigenvalue weighted by atomic mass is 10.00. The molecule has 2 aromatic carbocycles. The maximum Gasteiger partial charge on any atom is 0.407 e. The number of hydrogen-bond donors (Lipinski definition) is 5. The Balaban J connectivity index is 1.16. The van der Waals surface area contributed by atoms with Crippen LogP contribution in [0, 0.1) is 17.6 Å². The van der Waals surface area contributed by atoms with Gasteiger partial charge >= 0.3 is 12.2 Å². The van der Waals surface area contributed by atoms with Crippen LogP contribution in [0.3, 0.4) is 0 Å². The minimum Gasteiger partial charge on any atom is -0.465 e. The Morgan fingerprint density at radius 2 is 1.27 bits per heavy atom. The second-order valence-corrected chi connectivity index (χ2v) is 14.4. The van der Waals surface area contributed by atoms with Crippen LogP contribution >= 0.6 is 0 Å². The molecule has 4 heterocycles. The summed E-state index contributed by atoms with van der Waals surface area (Å²) in [4.78, 5) is 68.7. The third-order valence-corrected chi connectivity index (χ3v) is 10.5. The van der Waals surface area contributed by atoms with Gasteiger partial charge in [0.25, 0.3) is 0 Å². The Labute approximate surface area is 322 Å². The van der Waals surface area contributed by atoms with E-state index in [0.717, 1.165) is 6.42 Å². The van der Waals surface area contributed by atoms with Crippen molar-refractivity contribution in [2.45, 2.75) is 76.7 Å². The van der Waals surface area contributed by atoms with Gasteiger partial charge in [-0.2, -0.15) is 0 Å². The van der Waals surface area contributed by atoms with Gasteiger partial charge < -0.3 is 45.0 Å². The second kappa shape index (κ2) is 16.9. The van der Waals surface area contributed by atoms with Crippen molar-refractivity contribution < 1.29 is 42.5 Å². The molecule has 2 aliphatic heterocycles. The molecule has 298 valence electrons. The molecule has 4 aromatic rings. The number of methoxy groups -OCH3 is 2. The summed E-state index contributed by atoms with van der Waals surface area (Å²) >= 11 is 0. The number of carbonyl (C=O) groups excluding carboxylic acids is 3. The lowest BCUT2D eigenvalue weighted by Gasteiger charge is -2.30. The van der Waals surface area contributed by atoms with Gasteiger partial charge in [-0.3, -0.25) is 9.59 Å². The zero-order valence-corrected chi connectivity index (χ0v) is 31.8. The number of aromatic nitrogens is 4. The van der Waals surface area contributed by atoms with Crippen molar-refractivity contribution in [3.8, 4) is 33.6 Å². The Morgan fingerprint density at radius 3 is 1.68 bits per heavy atom. The van der Waals surface area contributed by atoms with Gasteiger partial charge in [-0.15, -0.1) is 0 Å². The summed E-state index contributed by atoms with van der Waals surface area (Å²) in [6.07, 6.45) is 2.88. The number of aromatic amines is 2. The molecule has 2 saturated heterocycles. The Kier molecular flexibility index (Phi) is 12.0. The van der Waals surface area contributed by atoms with Gasteiger partial charge in [0.05, 0.1) is 49.1 Å². The highest BCUT2D eigenvalue weighted by molar-refractivity contribution is 5.87. The Hall–Kier alpha value is -5.84. The van der Waals surface area contributed by atoms with E-state index < -0.39 is 54.0 Å². The van der Waals surface area contributed by atoms with Crippen molar-refractivity contribution in [3.05, 3.63) is 72.1 Å². The van der Waals surface area contributed by atoms with E-state index in [0.29, 0.717) is 66.5 Å². The number of ether oxygens (including phenoxy) is 2. The predicted molar refractivity (Wildman–Crippen MR) is 200 cm³/mol. The van der Waals surface area contributed by atoms with E-state index in [1.54, 1.807) is 41.0 Å². The van der Waals surface area contributed by atoms with Crippen LogP contribution in [0.4, 0.5) is 18.4 Å². The maximum absolute atomic E-state index is 15.7. The topological polar surface area (TPSA) is 195 Å². The fraction of sp³-hybridized carbons (Fsp3) is 0.436. The maximum atomic E-state index is 15.7. The molecule has 0 bridgehead atoms. The van der Waals surface area contributed by atoms with Crippen molar-refractivity contribution in [2.75, 3.05) is 27.3 Å². The molecular formula is C39H46F2N8O7. The minimum atomic E-state index is -1.34. The molecule has 2 aromatic heterocycles. The third kappa shape index (κ3) is 8.22. The first-order chi connectivity index (χ1) is 26.8. The van der Waals surface area contributed by atoms with Crippen molar-refractivity contribution >= 4 is 24.0 Å². The first kappa shape index (κ1) is 39.8. The summed E-state index contributed by atoms with van der Waals surface area (Å²) in [5.41, 5.74) is 2.16. The first-order valence-electron chi connectivity index (χ1n) is 18.5. The quantitative estimate of drug-likeness (QED) is 0.118. The van der Waals surface area contributed by atoms with Crippen molar-refractivity contribution in [1.82, 2.24) is 40.4 Å². The van der Waals surface area contributed by atoms with E-state index in [1.807, 2.05) is 13.8 Å². The SMILES string of the molecule is COC(=O)N[C@H](C(=O)N1CCC[C@H]1c1ncc(-c2ccc(-c3ccc(-c4cnc([C@@H]5CCCN5C(=O)[C@@H](NC(=O)O)[C@H](C)OC)[nH]4)c(F)c3)cc2F)[nH]1)C(C)C. The largest absolute Gasteiger partial charge is 0.465 e. The number of imidazole rings is 2. The van der Waals surface area contributed by atoms with Crippen LogP contribution in [0.2, 0.25) is 0 Å². The zero-order valence-electron chi connectivity index (χ0n) is 31.8. The van der Waals surface area contributed by atoms with Gasteiger partial charge in [-0.05, 0) is 73.9 Å². The van der Waals surface area contributed by atoms with Gasteiger partial charge in [0.1, 0.15) is 35.4 Å². The number of nitrogens with zero attached hydrogens (tertiary/aromatic N) is 4. The molecule has 0 unspecified atom stereocenters. The second-order valence-electron chi connectivity index (χ2n) is 14.4. The number of halogens is 2. The lowest BCUT2D eigenvalue weighted by Crippen LogP contribution is -2.53. The molecule has 17 heteroatoms. The van der Waals surface area contributed by atoms with Crippen LogP contribution in [0.25, 0.3) is 33.6 Å². The average molecular weight is 777 g/mol. The molecule has 2 aliphatic rings. The van der Waals surface area contributed by atoms with E-state index in [9.17, 15) is 24.3 Å². The molecule has 5 N–H and O–H groups in total. The van der Waals surface area contributed by atoms with Crippen molar-refractivity contribution in [3.63, 3.8) is 0 Å². The Morgan fingerprint density at radius 1 is 0.786 bits per heavy atom. The van der Waals surface area contributed by atoms with Gasteiger partial charge in [0.2, 0.25) is 11.8 Å². The summed E-state index contributed by atoms with van der Waals surface area (Å²) in [7, 11) is 2.63. The molecule has 0 saturated carbocycles. The van der Waals surface area contributed by atoms with Crippen LogP contribution < -0.4 is 10.6 Å². The molecule has 6 rings (SSSR count). The first-order valence-corrected chi connectivity index (χ1v) is 18.5. The number of H-pyrrole nitrogens is 2. The fourth-order valence-corrected chi connectivity index (χ4v) is 7.45. The Bertz CT molecular complexity index is 2090. The van der Waals surface area contributed by atoms with Gasteiger partial charge in [-0.1, -0.05) is 26.0 Å². The summed E-state index contributed by atoms with van der Waals surface area (Å²) < 4.78 is 41.3. The standard InChI is InChI=1S/C39H46F2N8O7/c1-20(2)32(47-39(54)56-5)36(50)48-14-6-8-30(48)34-42-18-28(44-34)24-12-10-22(16-26(24)40)23-11-13-25(27(41)17-23)29-19-43-35(45-29)31-9-7-15-49(31)37(51)33(21(3)55-4)46-38(52)53/h10-13,16-21,30-33,46H,6-9,14-15H2,1-5H3,(H,42,44)(H,43,45)(H,47,54)(H,52,53)/t21-,30-,31-,32-,33-/m0/s1. The number of nitrogens with one attached hydrogen (secondary N) is 4. The van der Waals surface area contributed by atoms with Crippen molar-refractivity contribution in [2.24, 2.45) is 5.92 Å². The summed E-state index contributed by atoms with van der Waals surface area (Å²) in [5.74, 6) is -1.07. The molecule has 2 fully saturated rings. The smallest absolute Gasteiger partial charge is 0.407 e. The number of alkyl carbamates (subject to hydrolysis) is 1.